The van der Waals surface area contributed by atoms with Crippen LogP contribution < -0.4 is 15.0 Å². The third kappa shape index (κ3) is 5.10. The number of benzene rings is 2. The van der Waals surface area contributed by atoms with Crippen LogP contribution in [0.3, 0.4) is 0 Å². The van der Waals surface area contributed by atoms with Gasteiger partial charge in [0.05, 0.1) is 19.2 Å². The molecule has 32 heavy (non-hydrogen) atoms. The van der Waals surface area contributed by atoms with Gasteiger partial charge in [0.1, 0.15) is 5.75 Å². The van der Waals surface area contributed by atoms with Crippen molar-refractivity contribution in [3.05, 3.63) is 53.1 Å². The van der Waals surface area contributed by atoms with E-state index in [0.29, 0.717) is 29.4 Å². The van der Waals surface area contributed by atoms with E-state index in [0.717, 1.165) is 50.5 Å². The lowest BCUT2D eigenvalue weighted by Crippen LogP contribution is -2.50. The minimum Gasteiger partial charge on any atom is -0.497 e. The molecule has 0 atom stereocenters. The number of likely N-dealkylation sites (tertiary alicyclic amines) is 1. The van der Waals surface area contributed by atoms with Gasteiger partial charge >= 0.3 is 0 Å². The minimum absolute atomic E-state index is 0.0118. The first-order valence-electron chi connectivity index (χ1n) is 11.0. The van der Waals surface area contributed by atoms with Gasteiger partial charge in [-0.25, -0.2) is 0 Å². The molecule has 0 aromatic heterocycles. The topological polar surface area (TPSA) is 65.1 Å². The molecule has 2 saturated heterocycles. The number of piperazine rings is 1. The van der Waals surface area contributed by atoms with E-state index < -0.39 is 0 Å². The normalized spacial score (nSPS) is 16.2. The van der Waals surface area contributed by atoms with Crippen molar-refractivity contribution < 1.29 is 14.3 Å². The fraction of sp³-hybridized carbons (Fsp3) is 0.417. The van der Waals surface area contributed by atoms with Gasteiger partial charge in [-0.15, -0.1) is 0 Å². The number of nitrogens with zero attached hydrogens (tertiary/aromatic N) is 3. The smallest absolute Gasteiger partial charge is 0.255 e. The Hall–Kier alpha value is -2.93. The second kappa shape index (κ2) is 10.1. The number of halogens is 1. The first-order valence-corrected chi connectivity index (χ1v) is 11.4. The molecule has 4 rings (SSSR count). The van der Waals surface area contributed by atoms with Gasteiger partial charge in [-0.3, -0.25) is 9.59 Å². The second-order valence-corrected chi connectivity index (χ2v) is 8.55. The quantitative estimate of drug-likeness (QED) is 0.722. The van der Waals surface area contributed by atoms with E-state index in [2.05, 4.69) is 10.2 Å². The van der Waals surface area contributed by atoms with Crippen LogP contribution in [0.1, 0.15) is 23.2 Å². The monoisotopic (exact) mass is 456 g/mol. The number of ether oxygens (including phenoxy) is 1. The Morgan fingerprint density at radius 2 is 1.62 bits per heavy atom. The van der Waals surface area contributed by atoms with Crippen molar-refractivity contribution >= 4 is 34.8 Å². The molecule has 170 valence electrons. The maximum atomic E-state index is 12.9. The summed E-state index contributed by atoms with van der Waals surface area (Å²) in [5, 5.41) is 3.69. The lowest BCUT2D eigenvalue weighted by atomic mass is 10.1. The predicted octanol–water partition coefficient (Wildman–Crippen LogP) is 3.35. The van der Waals surface area contributed by atoms with Crippen LogP contribution in [0.25, 0.3) is 0 Å². The maximum absolute atomic E-state index is 12.9. The number of anilines is 2. The van der Waals surface area contributed by atoms with Crippen LogP contribution in [0.15, 0.2) is 42.5 Å². The zero-order valence-corrected chi connectivity index (χ0v) is 19.1. The highest BCUT2D eigenvalue weighted by Gasteiger charge is 2.24. The lowest BCUT2D eigenvalue weighted by Gasteiger charge is -2.36. The summed E-state index contributed by atoms with van der Waals surface area (Å²) in [5.41, 5.74) is 2.30. The van der Waals surface area contributed by atoms with E-state index >= 15 is 0 Å². The zero-order chi connectivity index (χ0) is 22.5. The van der Waals surface area contributed by atoms with E-state index in [4.69, 9.17) is 16.3 Å². The molecule has 2 aliphatic heterocycles. The highest BCUT2D eigenvalue weighted by atomic mass is 35.5. The summed E-state index contributed by atoms with van der Waals surface area (Å²) >= 11 is 6.16. The molecule has 2 aliphatic rings. The molecule has 2 amide bonds. The van der Waals surface area contributed by atoms with E-state index in [1.54, 1.807) is 25.3 Å². The van der Waals surface area contributed by atoms with Crippen molar-refractivity contribution in [1.82, 2.24) is 9.80 Å². The number of hydrogen-bond acceptors (Lipinski definition) is 5. The number of hydrogen-bond donors (Lipinski definition) is 1. The van der Waals surface area contributed by atoms with E-state index in [1.165, 1.54) is 0 Å². The van der Waals surface area contributed by atoms with Crippen molar-refractivity contribution in [2.75, 3.05) is 63.1 Å². The molecule has 0 aliphatic carbocycles. The van der Waals surface area contributed by atoms with Crippen molar-refractivity contribution in [2.45, 2.75) is 12.8 Å². The Balaban J connectivity index is 1.33. The molecule has 1 N–H and O–H groups in total. The van der Waals surface area contributed by atoms with E-state index in [1.807, 2.05) is 34.1 Å². The van der Waals surface area contributed by atoms with Gasteiger partial charge in [0, 0.05) is 55.7 Å². The summed E-state index contributed by atoms with van der Waals surface area (Å²) in [6.07, 6.45) is 2.06. The number of rotatable bonds is 6. The zero-order valence-electron chi connectivity index (χ0n) is 18.3. The molecule has 2 heterocycles. The average Bonchev–Trinajstić information content (AvgIpc) is 3.37. The molecule has 0 spiro atoms. The Kier molecular flexibility index (Phi) is 7.05. The number of carbonyl (C=O) groups is 2. The Labute approximate surface area is 193 Å². The Morgan fingerprint density at radius 3 is 2.28 bits per heavy atom. The van der Waals surface area contributed by atoms with Crippen molar-refractivity contribution in [1.29, 1.82) is 0 Å². The third-order valence-corrected chi connectivity index (χ3v) is 6.34. The number of amides is 2. The third-order valence-electron chi connectivity index (χ3n) is 6.11. The first kappa shape index (κ1) is 22.3. The van der Waals surface area contributed by atoms with Gasteiger partial charge in [-0.2, -0.15) is 0 Å². The predicted molar refractivity (Wildman–Crippen MR) is 127 cm³/mol. The summed E-state index contributed by atoms with van der Waals surface area (Å²) in [7, 11) is 1.65. The minimum atomic E-state index is -0.0118. The summed E-state index contributed by atoms with van der Waals surface area (Å²) in [4.78, 5) is 31.7. The molecule has 8 heteroatoms. The summed E-state index contributed by atoms with van der Waals surface area (Å²) < 4.78 is 5.22. The van der Waals surface area contributed by atoms with Gasteiger partial charge < -0.3 is 24.8 Å². The molecule has 2 aromatic rings. The SMILES string of the molecule is COc1ccc(N2CCN(C(=O)CNc3cc(Cl)ccc3C(=O)N3CCCC3)CC2)cc1. The van der Waals surface area contributed by atoms with E-state index in [-0.39, 0.29) is 18.4 Å². The summed E-state index contributed by atoms with van der Waals surface area (Å²) in [5.74, 6) is 0.832. The van der Waals surface area contributed by atoms with Gasteiger partial charge in [-0.05, 0) is 55.3 Å². The molecule has 0 saturated carbocycles. The maximum Gasteiger partial charge on any atom is 0.255 e. The average molecular weight is 457 g/mol. The van der Waals surface area contributed by atoms with Crippen LogP contribution >= 0.6 is 11.6 Å². The number of carbonyl (C=O) groups excluding carboxylic acids is 2. The Morgan fingerprint density at radius 1 is 0.938 bits per heavy atom. The molecule has 0 radical (unpaired) electrons. The van der Waals surface area contributed by atoms with Gasteiger partial charge in [0.25, 0.3) is 5.91 Å². The molecule has 2 aromatic carbocycles. The fourth-order valence-corrected chi connectivity index (χ4v) is 4.40. The van der Waals surface area contributed by atoms with Crippen LogP contribution in [0, 0.1) is 0 Å². The van der Waals surface area contributed by atoms with Crippen molar-refractivity contribution in [2.24, 2.45) is 0 Å². The lowest BCUT2D eigenvalue weighted by molar-refractivity contribution is -0.129. The van der Waals surface area contributed by atoms with Crippen LogP contribution in [0.2, 0.25) is 5.02 Å². The molecule has 7 nitrogen and oxygen atoms in total. The summed E-state index contributed by atoms with van der Waals surface area (Å²) in [6, 6.07) is 13.1. The van der Waals surface area contributed by atoms with Gasteiger partial charge in [0.15, 0.2) is 0 Å². The van der Waals surface area contributed by atoms with Crippen LogP contribution in [-0.2, 0) is 4.79 Å². The largest absolute Gasteiger partial charge is 0.497 e. The standard InChI is InChI=1S/C24H29ClN4O3/c1-32-20-7-5-19(6-8-20)27-12-14-28(15-13-27)23(30)17-26-22-16-18(25)4-9-21(22)24(31)29-10-2-3-11-29/h4-9,16,26H,2-3,10-15,17H2,1H3. The van der Waals surface area contributed by atoms with E-state index in [9.17, 15) is 9.59 Å². The molecular weight excluding hydrogens is 428 g/mol. The number of methoxy groups -OCH3 is 1. The summed E-state index contributed by atoms with van der Waals surface area (Å²) in [6.45, 7) is 4.53. The van der Waals surface area contributed by atoms with Gasteiger partial charge in [0.2, 0.25) is 5.91 Å². The van der Waals surface area contributed by atoms with Crippen LogP contribution in [-0.4, -0.2) is 74.5 Å². The van der Waals surface area contributed by atoms with Crippen LogP contribution in [0.5, 0.6) is 5.75 Å². The number of nitrogens with one attached hydrogen (secondary N) is 1. The fourth-order valence-electron chi connectivity index (χ4n) is 4.23. The van der Waals surface area contributed by atoms with Crippen molar-refractivity contribution in [3.63, 3.8) is 0 Å². The van der Waals surface area contributed by atoms with Crippen LogP contribution in [0.4, 0.5) is 11.4 Å². The Bertz CT molecular complexity index is 952. The first-order chi connectivity index (χ1) is 15.5. The highest BCUT2D eigenvalue weighted by molar-refractivity contribution is 6.31. The highest BCUT2D eigenvalue weighted by Crippen LogP contribution is 2.24. The second-order valence-electron chi connectivity index (χ2n) is 8.11. The molecule has 0 unspecified atom stereocenters. The van der Waals surface area contributed by atoms with Crippen molar-refractivity contribution in [3.8, 4) is 5.75 Å². The molecule has 2 fully saturated rings. The molecular formula is C24H29ClN4O3. The molecule has 0 bridgehead atoms. The van der Waals surface area contributed by atoms with Gasteiger partial charge in [-0.1, -0.05) is 11.6 Å².